The van der Waals surface area contributed by atoms with Gasteiger partial charge in [-0.25, -0.2) is 9.78 Å². The summed E-state index contributed by atoms with van der Waals surface area (Å²) in [5.74, 6) is -0.177. The van der Waals surface area contributed by atoms with Crippen LogP contribution in [0.1, 0.15) is 16.9 Å². The zero-order valence-corrected chi connectivity index (χ0v) is 15.7. The van der Waals surface area contributed by atoms with E-state index in [2.05, 4.69) is 10.3 Å². The van der Waals surface area contributed by atoms with E-state index in [1.54, 1.807) is 24.1 Å². The Morgan fingerprint density at radius 2 is 1.80 bits per heavy atom. The quantitative estimate of drug-likeness (QED) is 0.736. The maximum atomic E-state index is 12.6. The van der Waals surface area contributed by atoms with Crippen LogP contribution in [0.15, 0.2) is 21.7 Å². The highest BCUT2D eigenvalue weighted by molar-refractivity contribution is 5.94. The summed E-state index contributed by atoms with van der Waals surface area (Å²) in [6, 6.07) is 3.11. The largest absolute Gasteiger partial charge is 0.336 e. The van der Waals surface area contributed by atoms with Gasteiger partial charge < -0.3 is 10.2 Å². The fraction of sp³-hybridized carbons (Fsp3) is 0.467. The van der Waals surface area contributed by atoms with Gasteiger partial charge in [-0.2, -0.15) is 0 Å². The number of aryl methyl sites for hydroxylation is 1. The topological polar surface area (TPSA) is 89.2 Å². The van der Waals surface area contributed by atoms with Crippen molar-refractivity contribution >= 4 is 41.8 Å². The van der Waals surface area contributed by atoms with E-state index in [0.29, 0.717) is 18.5 Å². The monoisotopic (exact) mass is 389 g/mol. The highest BCUT2D eigenvalue weighted by Gasteiger charge is 2.20. The van der Waals surface area contributed by atoms with Crippen molar-refractivity contribution in [1.82, 2.24) is 24.3 Å². The molecule has 1 fully saturated rings. The molecule has 3 rings (SSSR count). The molecule has 1 amide bonds. The van der Waals surface area contributed by atoms with Crippen molar-refractivity contribution in [3.63, 3.8) is 0 Å². The Morgan fingerprint density at radius 3 is 2.52 bits per heavy atom. The predicted octanol–water partition coefficient (Wildman–Crippen LogP) is -0.0887. The minimum Gasteiger partial charge on any atom is -0.336 e. The molecule has 1 saturated heterocycles. The number of carbonyl (C=O) groups is 1. The lowest BCUT2D eigenvalue weighted by atomic mass is 10.2. The van der Waals surface area contributed by atoms with E-state index in [0.717, 1.165) is 24.1 Å². The maximum Gasteiger partial charge on any atom is 0.332 e. The molecule has 10 heteroatoms. The number of rotatable bonds is 1. The zero-order valence-electron chi connectivity index (χ0n) is 14.0. The molecule has 1 aliphatic rings. The second-order valence-corrected chi connectivity index (χ2v) is 5.67. The van der Waals surface area contributed by atoms with Crippen LogP contribution >= 0.6 is 24.8 Å². The highest BCUT2D eigenvalue weighted by Crippen LogP contribution is 2.09. The fourth-order valence-electron chi connectivity index (χ4n) is 2.78. The number of hydrogen-bond donors (Lipinski definition) is 1. The first kappa shape index (κ1) is 21.1. The van der Waals surface area contributed by atoms with Crippen LogP contribution in [0.25, 0.3) is 11.0 Å². The summed E-state index contributed by atoms with van der Waals surface area (Å²) < 4.78 is 2.32. The summed E-state index contributed by atoms with van der Waals surface area (Å²) in [5, 5.41) is 3.56. The molecule has 0 radical (unpaired) electrons. The molecule has 0 saturated carbocycles. The van der Waals surface area contributed by atoms with Gasteiger partial charge in [-0.05, 0) is 25.1 Å². The van der Waals surface area contributed by atoms with Crippen molar-refractivity contribution in [1.29, 1.82) is 0 Å². The van der Waals surface area contributed by atoms with Gasteiger partial charge in [0.05, 0.1) is 5.39 Å². The lowest BCUT2D eigenvalue weighted by Gasteiger charge is -2.19. The van der Waals surface area contributed by atoms with Crippen LogP contribution in [0.3, 0.4) is 0 Å². The third kappa shape index (κ3) is 3.86. The fourth-order valence-corrected chi connectivity index (χ4v) is 2.78. The van der Waals surface area contributed by atoms with Crippen LogP contribution in [-0.2, 0) is 14.1 Å². The zero-order chi connectivity index (χ0) is 16.6. The number of pyridine rings is 1. The van der Waals surface area contributed by atoms with Gasteiger partial charge in [-0.3, -0.25) is 18.7 Å². The molecule has 2 aromatic rings. The SMILES string of the molecule is Cl.Cl.Cn1c(=O)c2ccc(C(=O)N3CCCNCC3)nc2n(C)c1=O. The van der Waals surface area contributed by atoms with Gasteiger partial charge in [0.15, 0.2) is 0 Å². The number of hydrogen-bond acceptors (Lipinski definition) is 5. The molecule has 1 aliphatic heterocycles. The molecular formula is C15H21Cl2N5O3. The molecule has 25 heavy (non-hydrogen) atoms. The minimum atomic E-state index is -0.460. The average molecular weight is 390 g/mol. The first-order valence-corrected chi connectivity index (χ1v) is 7.57. The van der Waals surface area contributed by atoms with E-state index in [4.69, 9.17) is 0 Å². The van der Waals surface area contributed by atoms with Gasteiger partial charge >= 0.3 is 5.69 Å². The molecular weight excluding hydrogens is 369 g/mol. The standard InChI is InChI=1S/C15H19N5O3.2ClH/c1-18-12-10(13(21)19(2)15(18)23)4-5-11(17-12)14(22)20-8-3-6-16-7-9-20;;/h4-5,16H,3,6-9H2,1-2H3;2*1H. The minimum absolute atomic E-state index is 0. The van der Waals surface area contributed by atoms with Gasteiger partial charge in [0, 0.05) is 33.7 Å². The Kier molecular flexibility index (Phi) is 7.16. The molecule has 1 N–H and O–H groups in total. The first-order chi connectivity index (χ1) is 11.0. The predicted molar refractivity (Wildman–Crippen MR) is 100 cm³/mol. The number of nitrogens with one attached hydrogen (secondary N) is 1. The molecule has 138 valence electrons. The number of amides is 1. The lowest BCUT2D eigenvalue weighted by Crippen LogP contribution is -2.38. The van der Waals surface area contributed by atoms with Crippen LogP contribution < -0.4 is 16.6 Å². The maximum absolute atomic E-state index is 12.6. The number of fused-ring (bicyclic) bond motifs is 1. The Morgan fingerprint density at radius 1 is 1.08 bits per heavy atom. The summed E-state index contributed by atoms with van der Waals surface area (Å²) in [7, 11) is 2.97. The lowest BCUT2D eigenvalue weighted by molar-refractivity contribution is 0.0761. The van der Waals surface area contributed by atoms with Crippen LogP contribution in [0, 0.1) is 0 Å². The second kappa shape index (κ2) is 8.46. The van der Waals surface area contributed by atoms with E-state index in [-0.39, 0.29) is 42.1 Å². The smallest absolute Gasteiger partial charge is 0.332 e. The Labute approximate surface area is 156 Å². The van der Waals surface area contributed by atoms with E-state index < -0.39 is 11.2 Å². The first-order valence-electron chi connectivity index (χ1n) is 7.57. The Bertz CT molecular complexity index is 885. The normalized spacial score (nSPS) is 14.4. The van der Waals surface area contributed by atoms with Crippen molar-refractivity contribution in [2.45, 2.75) is 6.42 Å². The third-order valence-electron chi connectivity index (χ3n) is 4.15. The van der Waals surface area contributed by atoms with Gasteiger partial charge in [0.25, 0.3) is 11.5 Å². The van der Waals surface area contributed by atoms with Crippen LogP contribution in [0.4, 0.5) is 0 Å². The van der Waals surface area contributed by atoms with Gasteiger partial charge in [-0.1, -0.05) is 0 Å². The van der Waals surface area contributed by atoms with Crippen molar-refractivity contribution in [2.75, 3.05) is 26.2 Å². The van der Waals surface area contributed by atoms with Crippen molar-refractivity contribution in [3.8, 4) is 0 Å². The number of aromatic nitrogens is 3. The Balaban J connectivity index is 0.00000156. The van der Waals surface area contributed by atoms with Gasteiger partial charge in [0.2, 0.25) is 0 Å². The summed E-state index contributed by atoms with van der Waals surface area (Å²) >= 11 is 0. The average Bonchev–Trinajstić information content (AvgIpc) is 2.86. The highest BCUT2D eigenvalue weighted by atomic mass is 35.5. The molecule has 0 unspecified atom stereocenters. The van der Waals surface area contributed by atoms with E-state index >= 15 is 0 Å². The number of nitrogens with zero attached hydrogens (tertiary/aromatic N) is 4. The van der Waals surface area contributed by atoms with Crippen LogP contribution in [-0.4, -0.2) is 51.1 Å². The number of carbonyl (C=O) groups excluding carboxylic acids is 1. The molecule has 0 bridgehead atoms. The summed E-state index contributed by atoms with van der Waals surface area (Å²) in [6.45, 7) is 2.92. The van der Waals surface area contributed by atoms with Crippen LogP contribution in [0.5, 0.6) is 0 Å². The van der Waals surface area contributed by atoms with Gasteiger partial charge in [0.1, 0.15) is 11.3 Å². The molecule has 0 aromatic carbocycles. The molecule has 0 spiro atoms. The molecule has 0 atom stereocenters. The summed E-state index contributed by atoms with van der Waals surface area (Å²) in [6.07, 6.45) is 0.887. The second-order valence-electron chi connectivity index (χ2n) is 5.67. The summed E-state index contributed by atoms with van der Waals surface area (Å²) in [5.41, 5.74) is -0.383. The van der Waals surface area contributed by atoms with Crippen molar-refractivity contribution in [3.05, 3.63) is 38.7 Å². The Hall–Kier alpha value is -1.90. The summed E-state index contributed by atoms with van der Waals surface area (Å²) in [4.78, 5) is 42.8. The molecule has 2 aromatic heterocycles. The van der Waals surface area contributed by atoms with Gasteiger partial charge in [-0.15, -0.1) is 24.8 Å². The third-order valence-corrected chi connectivity index (χ3v) is 4.15. The molecule has 8 nitrogen and oxygen atoms in total. The molecule has 0 aliphatic carbocycles. The molecule has 3 heterocycles. The van der Waals surface area contributed by atoms with Crippen LogP contribution in [0.2, 0.25) is 0 Å². The van der Waals surface area contributed by atoms with E-state index in [1.165, 1.54) is 11.6 Å². The van der Waals surface area contributed by atoms with E-state index in [9.17, 15) is 14.4 Å². The van der Waals surface area contributed by atoms with Crippen molar-refractivity contribution in [2.24, 2.45) is 14.1 Å². The van der Waals surface area contributed by atoms with Crippen molar-refractivity contribution < 1.29 is 4.79 Å². The number of halogens is 2. The van der Waals surface area contributed by atoms with E-state index in [1.807, 2.05) is 0 Å².